The minimum atomic E-state index is -4.12. The van der Waals surface area contributed by atoms with E-state index in [9.17, 15) is 23.1 Å². The van der Waals surface area contributed by atoms with E-state index in [2.05, 4.69) is 15.5 Å². The van der Waals surface area contributed by atoms with Crippen LogP contribution in [0.3, 0.4) is 0 Å². The predicted octanol–water partition coefficient (Wildman–Crippen LogP) is 0.370. The summed E-state index contributed by atoms with van der Waals surface area (Å²) in [5, 5.41) is 18.6. The Hall–Kier alpha value is -1.59. The second-order valence-electron chi connectivity index (χ2n) is 4.59. The van der Waals surface area contributed by atoms with Gasteiger partial charge >= 0.3 is 5.97 Å². The van der Waals surface area contributed by atoms with Crippen molar-refractivity contribution in [2.75, 3.05) is 11.9 Å². The molecule has 0 saturated heterocycles. The molecule has 0 saturated carbocycles. The summed E-state index contributed by atoms with van der Waals surface area (Å²) in [7, 11) is -4.12. The van der Waals surface area contributed by atoms with E-state index >= 15 is 0 Å². The molecule has 0 aliphatic heterocycles. The number of likely N-dealkylation sites (N-methyl/N-ethyl adjacent to an activating group) is 1. The maximum Gasteiger partial charge on any atom is 0.324 e. The van der Waals surface area contributed by atoms with Crippen molar-refractivity contribution in [1.82, 2.24) is 14.5 Å². The molecule has 2 N–H and O–H groups in total. The first kappa shape index (κ1) is 17.5. The number of carbonyl (C=O) groups is 2. The largest absolute Gasteiger partial charge is 0.480 e. The second-order valence-corrected chi connectivity index (χ2v) is 7.60. The quantitative estimate of drug-likeness (QED) is 0.718. The maximum atomic E-state index is 12.5. The van der Waals surface area contributed by atoms with Gasteiger partial charge < -0.3 is 10.4 Å². The number of hydrogen-bond donors (Lipinski definition) is 2. The van der Waals surface area contributed by atoms with Crippen molar-refractivity contribution in [3.8, 4) is 0 Å². The Morgan fingerprint density at radius 2 is 1.95 bits per heavy atom. The number of hydrogen-bond acceptors (Lipinski definition) is 7. The van der Waals surface area contributed by atoms with E-state index in [1.165, 1.54) is 27.7 Å². The standard InChI is InChI=1S/C10H16N4O5S2/c1-5-14(10(3,4)7(16)17)21(18,19)9-13-12-8(20-9)11-6(2)15/h5H2,1-4H3,(H,16,17)(H,11,12,15). The molecule has 1 heterocycles. The third-order valence-corrected chi connectivity index (χ3v) is 5.97. The molecule has 0 aliphatic rings. The molecule has 0 spiro atoms. The molecule has 21 heavy (non-hydrogen) atoms. The van der Waals surface area contributed by atoms with Gasteiger partial charge in [-0.25, -0.2) is 8.42 Å². The van der Waals surface area contributed by atoms with Crippen LogP contribution in [0, 0.1) is 0 Å². The van der Waals surface area contributed by atoms with E-state index in [4.69, 9.17) is 0 Å². The molecule has 0 unspecified atom stereocenters. The van der Waals surface area contributed by atoms with E-state index in [0.717, 1.165) is 4.31 Å². The van der Waals surface area contributed by atoms with Crippen LogP contribution in [0.25, 0.3) is 0 Å². The number of sulfonamides is 1. The Labute approximate surface area is 126 Å². The Morgan fingerprint density at radius 3 is 2.38 bits per heavy atom. The Bertz CT molecular complexity index is 652. The minimum absolute atomic E-state index is 0.0326. The molecule has 0 atom stereocenters. The molecular weight excluding hydrogens is 320 g/mol. The van der Waals surface area contributed by atoms with Crippen LogP contribution in [0.15, 0.2) is 4.34 Å². The first-order valence-electron chi connectivity index (χ1n) is 5.90. The molecule has 0 radical (unpaired) electrons. The molecular formula is C10H16N4O5S2. The van der Waals surface area contributed by atoms with E-state index in [1.807, 2.05) is 0 Å². The Morgan fingerprint density at radius 1 is 1.38 bits per heavy atom. The normalized spacial score (nSPS) is 12.4. The summed E-state index contributed by atoms with van der Waals surface area (Å²) in [6, 6.07) is 0. The first-order chi connectivity index (χ1) is 9.53. The molecule has 1 aromatic rings. The van der Waals surface area contributed by atoms with E-state index < -0.39 is 27.4 Å². The molecule has 1 amide bonds. The molecule has 1 aromatic heterocycles. The highest BCUT2D eigenvalue weighted by atomic mass is 32.2. The van der Waals surface area contributed by atoms with Crippen molar-refractivity contribution in [3.63, 3.8) is 0 Å². The molecule has 11 heteroatoms. The summed E-state index contributed by atoms with van der Waals surface area (Å²) >= 11 is 0.663. The smallest absolute Gasteiger partial charge is 0.324 e. The lowest BCUT2D eigenvalue weighted by Gasteiger charge is -2.31. The fourth-order valence-electron chi connectivity index (χ4n) is 1.58. The number of nitrogens with one attached hydrogen (secondary N) is 1. The lowest BCUT2D eigenvalue weighted by molar-refractivity contribution is -0.146. The molecule has 1 rings (SSSR count). The van der Waals surface area contributed by atoms with Crippen LogP contribution >= 0.6 is 11.3 Å². The van der Waals surface area contributed by atoms with Crippen LogP contribution < -0.4 is 5.32 Å². The third-order valence-electron chi connectivity index (χ3n) is 2.63. The molecule has 0 bridgehead atoms. The number of rotatable bonds is 6. The molecule has 0 aliphatic carbocycles. The van der Waals surface area contributed by atoms with Crippen molar-refractivity contribution in [3.05, 3.63) is 0 Å². The average Bonchev–Trinajstić information content (AvgIpc) is 2.77. The highest BCUT2D eigenvalue weighted by Crippen LogP contribution is 2.28. The Kier molecular flexibility index (Phi) is 5.02. The zero-order valence-corrected chi connectivity index (χ0v) is 13.6. The van der Waals surface area contributed by atoms with Crippen LogP contribution in [0.1, 0.15) is 27.7 Å². The van der Waals surface area contributed by atoms with E-state index in [1.54, 1.807) is 0 Å². The zero-order valence-electron chi connectivity index (χ0n) is 11.9. The number of aliphatic carboxylic acids is 1. The SMILES string of the molecule is CCN(C(C)(C)C(=O)O)S(=O)(=O)c1nnc(NC(C)=O)s1. The average molecular weight is 336 g/mol. The molecule has 0 aromatic carbocycles. The summed E-state index contributed by atoms with van der Waals surface area (Å²) in [5.41, 5.74) is -1.63. The maximum absolute atomic E-state index is 12.5. The summed E-state index contributed by atoms with van der Waals surface area (Å²) in [6.45, 7) is 5.30. The van der Waals surface area contributed by atoms with Gasteiger partial charge in [0.25, 0.3) is 10.0 Å². The van der Waals surface area contributed by atoms with Gasteiger partial charge in [0.05, 0.1) is 0 Å². The van der Waals surface area contributed by atoms with Gasteiger partial charge in [0.2, 0.25) is 15.4 Å². The van der Waals surface area contributed by atoms with Crippen LogP contribution in [0.2, 0.25) is 0 Å². The van der Waals surface area contributed by atoms with Crippen LogP contribution in [-0.4, -0.2) is 52.0 Å². The van der Waals surface area contributed by atoms with Gasteiger partial charge in [-0.2, -0.15) is 4.31 Å². The van der Waals surface area contributed by atoms with Gasteiger partial charge in [-0.3, -0.25) is 9.59 Å². The van der Waals surface area contributed by atoms with E-state index in [0.29, 0.717) is 11.3 Å². The van der Waals surface area contributed by atoms with Gasteiger partial charge in [-0.1, -0.05) is 18.3 Å². The number of carboxylic acid groups (broad SMARTS) is 1. The summed E-state index contributed by atoms with van der Waals surface area (Å²) in [5.74, 6) is -1.69. The topological polar surface area (TPSA) is 130 Å². The fraction of sp³-hybridized carbons (Fsp3) is 0.600. The lowest BCUT2D eigenvalue weighted by atomic mass is 10.1. The third kappa shape index (κ3) is 3.54. The number of anilines is 1. The van der Waals surface area contributed by atoms with Crippen molar-refractivity contribution >= 4 is 38.4 Å². The monoisotopic (exact) mass is 336 g/mol. The van der Waals surface area contributed by atoms with Gasteiger partial charge in [-0.15, -0.1) is 10.2 Å². The molecule has 0 fully saturated rings. The molecule has 118 valence electrons. The highest BCUT2D eigenvalue weighted by Gasteiger charge is 2.43. The van der Waals surface area contributed by atoms with E-state index in [-0.39, 0.29) is 16.0 Å². The first-order valence-corrected chi connectivity index (χ1v) is 8.16. The highest BCUT2D eigenvalue weighted by molar-refractivity contribution is 7.91. The summed E-state index contributed by atoms with van der Waals surface area (Å²) in [4.78, 5) is 22.2. The van der Waals surface area contributed by atoms with Gasteiger partial charge in [-0.05, 0) is 13.8 Å². The van der Waals surface area contributed by atoms with Crippen molar-refractivity contribution in [1.29, 1.82) is 0 Å². The second kappa shape index (κ2) is 6.03. The van der Waals surface area contributed by atoms with Gasteiger partial charge in [0.1, 0.15) is 5.54 Å². The number of nitrogens with zero attached hydrogens (tertiary/aromatic N) is 3. The molecule has 9 nitrogen and oxygen atoms in total. The number of amides is 1. The number of carbonyl (C=O) groups excluding carboxylic acids is 1. The lowest BCUT2D eigenvalue weighted by Crippen LogP contribution is -2.52. The van der Waals surface area contributed by atoms with Crippen LogP contribution in [0.4, 0.5) is 5.13 Å². The summed E-state index contributed by atoms with van der Waals surface area (Å²) in [6.07, 6.45) is 0. The number of aromatic nitrogens is 2. The number of carboxylic acids is 1. The van der Waals surface area contributed by atoms with Crippen molar-refractivity contribution < 1.29 is 23.1 Å². The van der Waals surface area contributed by atoms with Gasteiger partial charge in [0, 0.05) is 13.5 Å². The van der Waals surface area contributed by atoms with Crippen LogP contribution in [-0.2, 0) is 19.6 Å². The van der Waals surface area contributed by atoms with Gasteiger partial charge in [0.15, 0.2) is 0 Å². The minimum Gasteiger partial charge on any atom is -0.480 e. The fourth-order valence-corrected chi connectivity index (χ4v) is 4.38. The van der Waals surface area contributed by atoms with Crippen molar-refractivity contribution in [2.24, 2.45) is 0 Å². The zero-order chi connectivity index (χ0) is 16.4. The predicted molar refractivity (Wildman–Crippen MR) is 75.5 cm³/mol. The van der Waals surface area contributed by atoms with Crippen LogP contribution in [0.5, 0.6) is 0 Å². The van der Waals surface area contributed by atoms with Crippen molar-refractivity contribution in [2.45, 2.75) is 37.6 Å². The summed E-state index contributed by atoms with van der Waals surface area (Å²) < 4.78 is 25.4. The Balaban J connectivity index is 3.22.